The van der Waals surface area contributed by atoms with Crippen LogP contribution in [0.25, 0.3) is 0 Å². The highest BCUT2D eigenvalue weighted by atomic mass is 16.6. The molecule has 39 heavy (non-hydrogen) atoms. The molecule has 1 heterocycles. The van der Waals surface area contributed by atoms with Gasteiger partial charge in [0.1, 0.15) is 18.1 Å². The molecule has 1 atom stereocenters. The number of hydrogen-bond donors (Lipinski definition) is 1. The maximum atomic E-state index is 13.3. The molecule has 0 amide bonds. The van der Waals surface area contributed by atoms with Crippen molar-refractivity contribution in [2.75, 3.05) is 20.5 Å². The molecule has 0 saturated carbocycles. The molecule has 202 valence electrons. The summed E-state index contributed by atoms with van der Waals surface area (Å²) in [5.41, 5.74) is 2.90. The lowest BCUT2D eigenvalue weighted by atomic mass is 9.82. The van der Waals surface area contributed by atoms with Gasteiger partial charge >= 0.3 is 11.9 Å². The van der Waals surface area contributed by atoms with Crippen molar-refractivity contribution in [1.82, 2.24) is 4.90 Å². The number of rotatable bonds is 11. The molecule has 3 aromatic rings. The van der Waals surface area contributed by atoms with E-state index in [9.17, 15) is 14.7 Å². The van der Waals surface area contributed by atoms with Crippen LogP contribution in [-0.2, 0) is 32.2 Å². The molecule has 0 aliphatic carbocycles. The number of hydrogen-bond acceptors (Lipinski definition) is 8. The van der Waals surface area contributed by atoms with Gasteiger partial charge in [-0.05, 0) is 36.2 Å². The van der Waals surface area contributed by atoms with Crippen LogP contribution in [0.2, 0.25) is 0 Å². The molecule has 8 nitrogen and oxygen atoms in total. The highest BCUT2D eigenvalue weighted by Gasteiger charge is 2.37. The van der Waals surface area contributed by atoms with E-state index in [2.05, 4.69) is 0 Å². The van der Waals surface area contributed by atoms with E-state index in [0.29, 0.717) is 24.5 Å². The number of benzene rings is 3. The van der Waals surface area contributed by atoms with Crippen molar-refractivity contribution in [3.05, 3.63) is 119 Å². The Morgan fingerprint density at radius 3 is 2.10 bits per heavy atom. The van der Waals surface area contributed by atoms with Crippen molar-refractivity contribution in [1.29, 1.82) is 0 Å². The molecule has 0 aromatic heterocycles. The van der Waals surface area contributed by atoms with Gasteiger partial charge in [-0.15, -0.1) is 0 Å². The smallest absolute Gasteiger partial charge is 0.338 e. The second kappa shape index (κ2) is 13.3. The van der Waals surface area contributed by atoms with Gasteiger partial charge < -0.3 is 29.0 Å². The largest absolute Gasteiger partial charge is 0.497 e. The van der Waals surface area contributed by atoms with E-state index in [0.717, 1.165) is 16.9 Å². The molecular weight excluding hydrogens is 498 g/mol. The Bertz CT molecular complexity index is 1300. The average Bonchev–Trinajstić information content (AvgIpc) is 2.97. The zero-order chi connectivity index (χ0) is 27.6. The summed E-state index contributed by atoms with van der Waals surface area (Å²) >= 11 is 0. The Labute approximate surface area is 227 Å². The summed E-state index contributed by atoms with van der Waals surface area (Å²) in [5, 5.41) is 9.37. The van der Waals surface area contributed by atoms with Crippen LogP contribution in [0.4, 0.5) is 0 Å². The zero-order valence-electron chi connectivity index (χ0n) is 21.9. The Kier molecular flexibility index (Phi) is 9.37. The van der Waals surface area contributed by atoms with Crippen molar-refractivity contribution in [3.8, 4) is 11.5 Å². The highest BCUT2D eigenvalue weighted by Crippen LogP contribution is 2.41. The van der Waals surface area contributed by atoms with Crippen LogP contribution in [0.3, 0.4) is 0 Å². The maximum Gasteiger partial charge on any atom is 0.338 e. The molecule has 4 rings (SSSR count). The topological polar surface area (TPSA) is 94.5 Å². The third-order valence-electron chi connectivity index (χ3n) is 6.17. The van der Waals surface area contributed by atoms with Crippen molar-refractivity contribution in [2.45, 2.75) is 26.0 Å². The van der Waals surface area contributed by atoms with Crippen molar-refractivity contribution < 1.29 is 33.6 Å². The van der Waals surface area contributed by atoms with Crippen LogP contribution in [0.15, 0.2) is 102 Å². The Morgan fingerprint density at radius 1 is 0.821 bits per heavy atom. The van der Waals surface area contributed by atoms with Gasteiger partial charge in [0.25, 0.3) is 0 Å². The molecule has 1 aliphatic rings. The van der Waals surface area contributed by atoms with Crippen LogP contribution < -0.4 is 9.47 Å². The van der Waals surface area contributed by atoms with Crippen molar-refractivity contribution in [2.24, 2.45) is 0 Å². The minimum absolute atomic E-state index is 0.160. The molecule has 1 unspecified atom stereocenters. The zero-order valence-corrected chi connectivity index (χ0v) is 21.9. The first-order valence-electron chi connectivity index (χ1n) is 12.6. The minimum atomic E-state index is -0.845. The van der Waals surface area contributed by atoms with Crippen LogP contribution in [0.5, 0.6) is 11.5 Å². The number of methoxy groups -OCH3 is 1. The van der Waals surface area contributed by atoms with Crippen molar-refractivity contribution >= 4 is 11.9 Å². The minimum Gasteiger partial charge on any atom is -0.497 e. The van der Waals surface area contributed by atoms with Crippen molar-refractivity contribution in [3.63, 3.8) is 0 Å². The first kappa shape index (κ1) is 27.5. The lowest BCUT2D eigenvalue weighted by Crippen LogP contribution is -2.29. The third kappa shape index (κ3) is 6.86. The van der Waals surface area contributed by atoms with Gasteiger partial charge in [-0.1, -0.05) is 60.7 Å². The standard InChI is InChI=1S/C31H31NO7/c1-3-37-30(34)26-18-32(17-22-13-15-24(36-2)16-14-22)19-27(31(35)39-21-33)29(26)25-11-7-8-12-28(25)38-20-23-9-5-4-6-10-23/h4-16,18-19,29,33H,3,17,20-21H2,1-2H3. The average molecular weight is 530 g/mol. The lowest BCUT2D eigenvalue weighted by Gasteiger charge is -2.31. The Morgan fingerprint density at radius 2 is 1.46 bits per heavy atom. The molecule has 0 spiro atoms. The van der Waals surface area contributed by atoms with Gasteiger partial charge in [-0.2, -0.15) is 0 Å². The second-order valence-electron chi connectivity index (χ2n) is 8.72. The van der Waals surface area contributed by atoms with Gasteiger partial charge in [0.2, 0.25) is 0 Å². The van der Waals surface area contributed by atoms with Gasteiger partial charge in [0, 0.05) is 24.5 Å². The summed E-state index contributed by atoms with van der Waals surface area (Å²) in [5.74, 6) is -0.942. The molecule has 0 radical (unpaired) electrons. The summed E-state index contributed by atoms with van der Waals surface area (Å²) in [6, 6.07) is 24.4. The fourth-order valence-electron chi connectivity index (χ4n) is 4.36. The fraction of sp³-hybridized carbons (Fsp3) is 0.226. The molecule has 0 saturated heterocycles. The number of carbonyl (C=O) groups excluding carboxylic acids is 2. The summed E-state index contributed by atoms with van der Waals surface area (Å²) in [6.45, 7) is 1.74. The quantitative estimate of drug-likeness (QED) is 0.282. The SMILES string of the molecule is CCOC(=O)C1=CN(Cc2ccc(OC)cc2)C=C(C(=O)OCO)C1c1ccccc1OCc1ccccc1. The normalized spacial score (nSPS) is 14.6. The fourth-order valence-corrected chi connectivity index (χ4v) is 4.36. The number of aliphatic hydroxyl groups excluding tert-OH is 1. The predicted octanol–water partition coefficient (Wildman–Crippen LogP) is 4.70. The highest BCUT2D eigenvalue weighted by molar-refractivity contribution is 5.99. The van der Waals surface area contributed by atoms with Crippen LogP contribution in [0.1, 0.15) is 29.5 Å². The second-order valence-corrected chi connectivity index (χ2v) is 8.72. The van der Waals surface area contributed by atoms with E-state index in [1.807, 2.05) is 66.7 Å². The number of carbonyl (C=O) groups is 2. The number of para-hydroxylation sites is 1. The van der Waals surface area contributed by atoms with Gasteiger partial charge in [0.15, 0.2) is 6.79 Å². The number of aliphatic hydroxyl groups is 1. The van der Waals surface area contributed by atoms with E-state index in [-0.39, 0.29) is 17.8 Å². The molecule has 1 N–H and O–H groups in total. The molecule has 8 heteroatoms. The number of nitrogens with zero attached hydrogens (tertiary/aromatic N) is 1. The monoisotopic (exact) mass is 529 g/mol. The molecule has 3 aromatic carbocycles. The Balaban J connectivity index is 1.75. The van der Waals surface area contributed by atoms with E-state index in [1.165, 1.54) is 0 Å². The van der Waals surface area contributed by atoms with Crippen LogP contribution >= 0.6 is 0 Å². The molecule has 0 fully saturated rings. The van der Waals surface area contributed by atoms with Crippen LogP contribution in [0, 0.1) is 0 Å². The number of esters is 2. The van der Waals surface area contributed by atoms with E-state index in [4.69, 9.17) is 18.9 Å². The third-order valence-corrected chi connectivity index (χ3v) is 6.17. The Hall–Kier alpha value is -4.56. The van der Waals surface area contributed by atoms with E-state index < -0.39 is 24.6 Å². The first-order chi connectivity index (χ1) is 19.0. The summed E-state index contributed by atoms with van der Waals surface area (Å²) < 4.78 is 21.8. The van der Waals surface area contributed by atoms with E-state index >= 15 is 0 Å². The number of ether oxygens (including phenoxy) is 4. The molecule has 1 aliphatic heterocycles. The van der Waals surface area contributed by atoms with Crippen LogP contribution in [-0.4, -0.2) is 42.5 Å². The summed E-state index contributed by atoms with van der Waals surface area (Å²) in [7, 11) is 1.59. The maximum absolute atomic E-state index is 13.3. The van der Waals surface area contributed by atoms with E-state index in [1.54, 1.807) is 43.5 Å². The summed E-state index contributed by atoms with van der Waals surface area (Å²) in [4.78, 5) is 28.2. The predicted molar refractivity (Wildman–Crippen MR) is 144 cm³/mol. The molecule has 0 bridgehead atoms. The van der Waals surface area contributed by atoms with Gasteiger partial charge in [-0.3, -0.25) is 0 Å². The molecular formula is C31H31NO7. The van der Waals surface area contributed by atoms with Gasteiger partial charge in [-0.25, -0.2) is 9.59 Å². The summed E-state index contributed by atoms with van der Waals surface area (Å²) in [6.07, 6.45) is 3.31. The first-order valence-corrected chi connectivity index (χ1v) is 12.6. The lowest BCUT2D eigenvalue weighted by molar-refractivity contribution is -0.147. The van der Waals surface area contributed by atoms with Gasteiger partial charge in [0.05, 0.1) is 30.8 Å².